The third kappa shape index (κ3) is 2.61. The Labute approximate surface area is 106 Å². The van der Waals surface area contributed by atoms with Gasteiger partial charge in [0, 0.05) is 24.6 Å². The zero-order valence-electron chi connectivity index (χ0n) is 10.7. The van der Waals surface area contributed by atoms with Crippen LogP contribution in [0.1, 0.15) is 41.7 Å². The fourth-order valence-corrected chi connectivity index (χ4v) is 2.07. The number of rotatable bonds is 5. The van der Waals surface area contributed by atoms with Crippen molar-refractivity contribution in [3.05, 3.63) is 35.0 Å². The molecule has 0 atom stereocenters. The summed E-state index contributed by atoms with van der Waals surface area (Å²) >= 11 is 0. The van der Waals surface area contributed by atoms with Crippen LogP contribution in [-0.4, -0.2) is 22.3 Å². The molecular formula is C13H17N3O2. The summed E-state index contributed by atoms with van der Waals surface area (Å²) in [7, 11) is 2.03. The van der Waals surface area contributed by atoms with Crippen LogP contribution in [0.3, 0.4) is 0 Å². The van der Waals surface area contributed by atoms with E-state index in [0.717, 1.165) is 36.0 Å². The van der Waals surface area contributed by atoms with Crippen molar-refractivity contribution in [2.75, 3.05) is 7.05 Å². The predicted molar refractivity (Wildman–Crippen MR) is 64.9 cm³/mol. The van der Waals surface area contributed by atoms with Crippen LogP contribution in [-0.2, 0) is 13.1 Å². The average molecular weight is 247 g/mol. The Balaban J connectivity index is 1.57. The van der Waals surface area contributed by atoms with Crippen LogP contribution in [0.25, 0.3) is 0 Å². The van der Waals surface area contributed by atoms with Crippen molar-refractivity contribution < 1.29 is 9.05 Å². The summed E-state index contributed by atoms with van der Waals surface area (Å²) in [4.78, 5) is 2.13. The van der Waals surface area contributed by atoms with Crippen LogP contribution in [0.2, 0.25) is 0 Å². The zero-order chi connectivity index (χ0) is 12.5. The summed E-state index contributed by atoms with van der Waals surface area (Å²) in [5.74, 6) is 2.40. The lowest BCUT2D eigenvalue weighted by Crippen LogP contribution is -2.17. The van der Waals surface area contributed by atoms with Gasteiger partial charge in [-0.2, -0.15) is 0 Å². The van der Waals surface area contributed by atoms with Gasteiger partial charge in [-0.05, 0) is 26.8 Å². The van der Waals surface area contributed by atoms with E-state index in [0.29, 0.717) is 5.92 Å². The van der Waals surface area contributed by atoms with Gasteiger partial charge in [0.05, 0.1) is 17.9 Å². The van der Waals surface area contributed by atoms with E-state index < -0.39 is 0 Å². The first kappa shape index (κ1) is 11.5. The molecule has 0 amide bonds. The minimum Gasteiger partial charge on any atom is -0.361 e. The summed E-state index contributed by atoms with van der Waals surface area (Å²) < 4.78 is 10.4. The molecule has 0 radical (unpaired) electrons. The molecule has 3 rings (SSSR count). The SMILES string of the molecule is Cc1cc(CN(C)Cc2cc(C3CC3)no2)no1. The molecule has 2 aromatic rings. The Bertz CT molecular complexity index is 528. The van der Waals surface area contributed by atoms with Gasteiger partial charge in [0.15, 0.2) is 5.76 Å². The molecule has 0 aliphatic heterocycles. The summed E-state index contributed by atoms with van der Waals surface area (Å²) in [6.07, 6.45) is 2.50. The molecule has 0 bridgehead atoms. The Morgan fingerprint density at radius 1 is 1.22 bits per heavy atom. The quantitative estimate of drug-likeness (QED) is 0.812. The third-order valence-corrected chi connectivity index (χ3v) is 3.11. The molecule has 2 aromatic heterocycles. The highest BCUT2D eigenvalue weighted by Gasteiger charge is 2.27. The number of nitrogens with zero attached hydrogens (tertiary/aromatic N) is 3. The summed E-state index contributed by atoms with van der Waals surface area (Å²) in [5, 5.41) is 8.08. The molecule has 1 fully saturated rings. The number of hydrogen-bond donors (Lipinski definition) is 0. The van der Waals surface area contributed by atoms with Crippen LogP contribution in [0.15, 0.2) is 21.2 Å². The maximum absolute atomic E-state index is 5.34. The standard InChI is InChI=1S/C13H17N3O2/c1-9-5-11(14-17-9)7-16(2)8-12-6-13(15-18-12)10-3-4-10/h5-6,10H,3-4,7-8H2,1-2H3. The molecule has 0 aromatic carbocycles. The predicted octanol–water partition coefficient (Wildman–Crippen LogP) is 2.48. The number of aryl methyl sites for hydroxylation is 1. The topological polar surface area (TPSA) is 55.3 Å². The second-order valence-electron chi connectivity index (χ2n) is 5.09. The molecule has 1 aliphatic rings. The van der Waals surface area contributed by atoms with E-state index in [1.807, 2.05) is 20.0 Å². The molecule has 96 valence electrons. The third-order valence-electron chi connectivity index (χ3n) is 3.11. The highest BCUT2D eigenvalue weighted by Crippen LogP contribution is 2.39. The molecule has 0 spiro atoms. The van der Waals surface area contributed by atoms with E-state index in [4.69, 9.17) is 9.05 Å². The molecule has 5 nitrogen and oxygen atoms in total. The Kier molecular flexibility index (Phi) is 2.91. The van der Waals surface area contributed by atoms with Gasteiger partial charge in [-0.25, -0.2) is 0 Å². The van der Waals surface area contributed by atoms with E-state index in [1.54, 1.807) is 0 Å². The molecular weight excluding hydrogens is 230 g/mol. The Morgan fingerprint density at radius 2 is 2.06 bits per heavy atom. The maximum atomic E-state index is 5.34. The van der Waals surface area contributed by atoms with Gasteiger partial charge in [0.25, 0.3) is 0 Å². The van der Waals surface area contributed by atoms with Gasteiger partial charge < -0.3 is 9.05 Å². The summed E-state index contributed by atoms with van der Waals surface area (Å²) in [6.45, 7) is 3.39. The maximum Gasteiger partial charge on any atom is 0.150 e. The lowest BCUT2D eigenvalue weighted by atomic mass is 10.2. The van der Waals surface area contributed by atoms with Crippen LogP contribution < -0.4 is 0 Å². The monoisotopic (exact) mass is 247 g/mol. The average Bonchev–Trinajstić information content (AvgIpc) is 2.95. The minimum atomic E-state index is 0.644. The first-order valence-corrected chi connectivity index (χ1v) is 6.27. The van der Waals surface area contributed by atoms with Crippen LogP contribution >= 0.6 is 0 Å². The number of hydrogen-bond acceptors (Lipinski definition) is 5. The second kappa shape index (κ2) is 4.57. The van der Waals surface area contributed by atoms with Gasteiger partial charge in [0.1, 0.15) is 5.76 Å². The van der Waals surface area contributed by atoms with Gasteiger partial charge in [-0.3, -0.25) is 4.90 Å². The Morgan fingerprint density at radius 3 is 2.72 bits per heavy atom. The minimum absolute atomic E-state index is 0.644. The van der Waals surface area contributed by atoms with E-state index >= 15 is 0 Å². The molecule has 1 aliphatic carbocycles. The van der Waals surface area contributed by atoms with E-state index in [1.165, 1.54) is 12.8 Å². The molecule has 5 heteroatoms. The molecule has 0 unspecified atom stereocenters. The lowest BCUT2D eigenvalue weighted by Gasteiger charge is -2.11. The lowest BCUT2D eigenvalue weighted by molar-refractivity contribution is 0.258. The van der Waals surface area contributed by atoms with Crippen molar-refractivity contribution in [1.82, 2.24) is 15.2 Å². The van der Waals surface area contributed by atoms with Crippen molar-refractivity contribution in [3.63, 3.8) is 0 Å². The van der Waals surface area contributed by atoms with Crippen molar-refractivity contribution in [2.24, 2.45) is 0 Å². The zero-order valence-corrected chi connectivity index (χ0v) is 10.7. The van der Waals surface area contributed by atoms with Crippen LogP contribution in [0.4, 0.5) is 0 Å². The fraction of sp³-hybridized carbons (Fsp3) is 0.538. The second-order valence-corrected chi connectivity index (χ2v) is 5.09. The van der Waals surface area contributed by atoms with Crippen molar-refractivity contribution in [3.8, 4) is 0 Å². The van der Waals surface area contributed by atoms with Gasteiger partial charge >= 0.3 is 0 Å². The van der Waals surface area contributed by atoms with E-state index in [-0.39, 0.29) is 0 Å². The van der Waals surface area contributed by atoms with E-state index in [2.05, 4.69) is 21.3 Å². The normalized spacial score (nSPS) is 15.5. The largest absolute Gasteiger partial charge is 0.361 e. The highest BCUT2D eigenvalue weighted by atomic mass is 16.5. The van der Waals surface area contributed by atoms with Gasteiger partial charge in [-0.15, -0.1) is 0 Å². The van der Waals surface area contributed by atoms with Crippen molar-refractivity contribution in [1.29, 1.82) is 0 Å². The van der Waals surface area contributed by atoms with Gasteiger partial charge in [0.2, 0.25) is 0 Å². The first-order chi connectivity index (χ1) is 8.70. The molecule has 0 saturated heterocycles. The van der Waals surface area contributed by atoms with E-state index in [9.17, 15) is 0 Å². The highest BCUT2D eigenvalue weighted by molar-refractivity contribution is 5.15. The summed E-state index contributed by atoms with van der Waals surface area (Å²) in [6, 6.07) is 4.02. The van der Waals surface area contributed by atoms with Crippen molar-refractivity contribution >= 4 is 0 Å². The number of aromatic nitrogens is 2. The smallest absolute Gasteiger partial charge is 0.150 e. The molecule has 2 heterocycles. The van der Waals surface area contributed by atoms with Gasteiger partial charge in [-0.1, -0.05) is 10.3 Å². The Hall–Kier alpha value is -1.62. The van der Waals surface area contributed by atoms with Crippen LogP contribution in [0.5, 0.6) is 0 Å². The van der Waals surface area contributed by atoms with Crippen molar-refractivity contribution in [2.45, 2.75) is 38.8 Å². The molecule has 18 heavy (non-hydrogen) atoms. The first-order valence-electron chi connectivity index (χ1n) is 6.27. The summed E-state index contributed by atoms with van der Waals surface area (Å²) in [5.41, 5.74) is 2.05. The molecule has 0 N–H and O–H groups in total. The van der Waals surface area contributed by atoms with Crippen LogP contribution in [0, 0.1) is 6.92 Å². The fourth-order valence-electron chi connectivity index (χ4n) is 2.07. The molecule has 1 saturated carbocycles.